The van der Waals surface area contributed by atoms with E-state index in [1.807, 2.05) is 35.6 Å². The molecule has 0 fully saturated rings. The second-order valence-electron chi connectivity index (χ2n) is 4.19. The van der Waals surface area contributed by atoms with Gasteiger partial charge in [0.15, 0.2) is 0 Å². The van der Waals surface area contributed by atoms with Crippen molar-refractivity contribution in [1.82, 2.24) is 5.32 Å². The van der Waals surface area contributed by atoms with E-state index in [-0.39, 0.29) is 6.61 Å². The van der Waals surface area contributed by atoms with E-state index in [2.05, 4.69) is 0 Å². The van der Waals surface area contributed by atoms with Crippen LogP contribution in [0.4, 0.5) is 13.2 Å². The van der Waals surface area contributed by atoms with Gasteiger partial charge in [0.25, 0.3) is 0 Å². The number of carbonyl (C=O) groups is 1. The monoisotopic (exact) mass is 287 g/mol. The lowest BCUT2D eigenvalue weighted by atomic mass is 10.2. The molecule has 1 amide bonds. The number of ether oxygens (including phenoxy) is 1. The van der Waals surface area contributed by atoms with E-state index in [1.54, 1.807) is 6.08 Å². The molecule has 0 radical (unpaired) electrons. The Labute approximate surface area is 115 Å². The molecule has 1 atom stereocenters. The normalized spacial score (nSPS) is 13.4. The van der Waals surface area contributed by atoms with E-state index >= 15 is 0 Å². The van der Waals surface area contributed by atoms with Gasteiger partial charge in [-0.3, -0.25) is 4.79 Å². The van der Waals surface area contributed by atoms with Crippen molar-refractivity contribution in [3.8, 4) is 0 Å². The summed E-state index contributed by atoms with van der Waals surface area (Å²) < 4.78 is 41.3. The molecule has 1 aromatic carbocycles. The average molecular weight is 287 g/mol. The molecule has 0 spiro atoms. The van der Waals surface area contributed by atoms with Crippen LogP contribution in [0, 0.1) is 0 Å². The van der Waals surface area contributed by atoms with Crippen molar-refractivity contribution in [3.05, 3.63) is 48.0 Å². The lowest BCUT2D eigenvalue weighted by molar-refractivity contribution is -0.173. The maximum absolute atomic E-state index is 12.0. The lowest BCUT2D eigenvalue weighted by Crippen LogP contribution is -2.41. The molecule has 0 aliphatic heterocycles. The van der Waals surface area contributed by atoms with Gasteiger partial charge in [-0.05, 0) is 12.5 Å². The number of carbonyl (C=O) groups excluding carboxylic acids is 1. The minimum absolute atomic E-state index is 0.265. The quantitative estimate of drug-likeness (QED) is 0.645. The van der Waals surface area contributed by atoms with E-state index in [0.29, 0.717) is 6.61 Å². The Hall–Kier alpha value is -1.82. The van der Waals surface area contributed by atoms with E-state index in [1.165, 1.54) is 13.0 Å². The molecule has 0 aliphatic carbocycles. The van der Waals surface area contributed by atoms with Gasteiger partial charge in [-0.1, -0.05) is 42.5 Å². The van der Waals surface area contributed by atoms with Crippen LogP contribution in [-0.4, -0.2) is 24.7 Å². The van der Waals surface area contributed by atoms with Crippen LogP contribution in [0.25, 0.3) is 0 Å². The first-order valence-corrected chi connectivity index (χ1v) is 6.05. The van der Waals surface area contributed by atoms with Gasteiger partial charge in [-0.15, -0.1) is 0 Å². The maximum Gasteiger partial charge on any atom is 0.471 e. The first-order chi connectivity index (χ1) is 9.39. The van der Waals surface area contributed by atoms with Crippen LogP contribution in [-0.2, 0) is 16.1 Å². The number of hydrogen-bond donors (Lipinski definition) is 1. The first-order valence-electron chi connectivity index (χ1n) is 6.05. The number of benzene rings is 1. The summed E-state index contributed by atoms with van der Waals surface area (Å²) in [4.78, 5) is 10.6. The van der Waals surface area contributed by atoms with Crippen LogP contribution in [0.1, 0.15) is 12.5 Å². The van der Waals surface area contributed by atoms with Crippen LogP contribution in [0.2, 0.25) is 0 Å². The van der Waals surface area contributed by atoms with Crippen molar-refractivity contribution < 1.29 is 22.7 Å². The Morgan fingerprint density at radius 1 is 1.35 bits per heavy atom. The summed E-state index contributed by atoms with van der Waals surface area (Å²) in [5, 5.41) is 1.82. The average Bonchev–Trinajstić information content (AvgIpc) is 2.38. The van der Waals surface area contributed by atoms with E-state index in [9.17, 15) is 18.0 Å². The lowest BCUT2D eigenvalue weighted by Gasteiger charge is -2.11. The van der Waals surface area contributed by atoms with Crippen molar-refractivity contribution in [1.29, 1.82) is 0 Å². The van der Waals surface area contributed by atoms with Crippen LogP contribution < -0.4 is 5.32 Å². The highest BCUT2D eigenvalue weighted by Gasteiger charge is 2.38. The highest BCUT2D eigenvalue weighted by molar-refractivity contribution is 5.82. The standard InChI is InChI=1S/C14H16F3NO2/c1-11(18-13(19)14(15,16)17)6-5-9-20-10-12-7-3-2-4-8-12/h2-8,11H,9-10H2,1H3,(H,18,19). The fourth-order valence-electron chi connectivity index (χ4n) is 1.42. The molecule has 1 rings (SSSR count). The van der Waals surface area contributed by atoms with Crippen LogP contribution in [0.15, 0.2) is 42.5 Å². The second kappa shape index (κ2) is 7.69. The van der Waals surface area contributed by atoms with Gasteiger partial charge in [0, 0.05) is 6.04 Å². The van der Waals surface area contributed by atoms with Crippen molar-refractivity contribution in [2.24, 2.45) is 0 Å². The topological polar surface area (TPSA) is 38.3 Å². The van der Waals surface area contributed by atoms with Gasteiger partial charge in [-0.2, -0.15) is 13.2 Å². The van der Waals surface area contributed by atoms with Crippen LogP contribution in [0.3, 0.4) is 0 Å². The molecule has 1 unspecified atom stereocenters. The van der Waals surface area contributed by atoms with E-state index < -0.39 is 18.1 Å². The molecule has 1 N–H and O–H groups in total. The molecule has 0 heterocycles. The largest absolute Gasteiger partial charge is 0.471 e. The molecule has 6 heteroatoms. The Kier molecular flexibility index (Phi) is 6.24. The molecule has 1 aromatic rings. The number of halogens is 3. The van der Waals surface area contributed by atoms with Gasteiger partial charge in [-0.25, -0.2) is 0 Å². The third kappa shape index (κ3) is 6.38. The second-order valence-corrected chi connectivity index (χ2v) is 4.19. The summed E-state index contributed by atoms with van der Waals surface area (Å²) in [6.07, 6.45) is -1.83. The minimum atomic E-state index is -4.86. The molecular formula is C14H16F3NO2. The Morgan fingerprint density at radius 3 is 2.60 bits per heavy atom. The highest BCUT2D eigenvalue weighted by atomic mass is 19.4. The fraction of sp³-hybridized carbons (Fsp3) is 0.357. The Bertz CT molecular complexity index is 443. The molecule has 110 valence electrons. The maximum atomic E-state index is 12.0. The molecule has 0 aromatic heterocycles. The minimum Gasteiger partial charge on any atom is -0.373 e. The zero-order valence-electron chi connectivity index (χ0n) is 11.0. The first kappa shape index (κ1) is 16.2. The number of amides is 1. The van der Waals surface area contributed by atoms with Crippen LogP contribution >= 0.6 is 0 Å². The van der Waals surface area contributed by atoms with Gasteiger partial charge >= 0.3 is 12.1 Å². The highest BCUT2D eigenvalue weighted by Crippen LogP contribution is 2.14. The van der Waals surface area contributed by atoms with Gasteiger partial charge in [0.2, 0.25) is 0 Å². The van der Waals surface area contributed by atoms with Crippen molar-refractivity contribution in [3.63, 3.8) is 0 Å². The summed E-state index contributed by atoms with van der Waals surface area (Å²) in [6, 6.07) is 8.80. The predicted molar refractivity (Wildman–Crippen MR) is 68.9 cm³/mol. The van der Waals surface area contributed by atoms with E-state index in [0.717, 1.165) is 5.56 Å². The summed E-state index contributed by atoms with van der Waals surface area (Å²) in [5.74, 6) is -1.94. The molecule has 0 saturated carbocycles. The zero-order valence-corrected chi connectivity index (χ0v) is 11.0. The van der Waals surface area contributed by atoms with Crippen LogP contribution in [0.5, 0.6) is 0 Å². The number of rotatable bonds is 6. The molecule has 0 saturated heterocycles. The fourth-order valence-corrected chi connectivity index (χ4v) is 1.42. The number of nitrogens with one attached hydrogen (secondary N) is 1. The SMILES string of the molecule is CC(C=CCOCc1ccccc1)NC(=O)C(F)(F)F. The molecule has 0 aliphatic rings. The molecule has 20 heavy (non-hydrogen) atoms. The van der Waals surface area contributed by atoms with Crippen molar-refractivity contribution in [2.45, 2.75) is 25.7 Å². The van der Waals surface area contributed by atoms with Gasteiger partial charge in [0.1, 0.15) is 0 Å². The third-order valence-corrected chi connectivity index (χ3v) is 2.37. The molecule has 3 nitrogen and oxygen atoms in total. The molecular weight excluding hydrogens is 271 g/mol. The third-order valence-electron chi connectivity index (χ3n) is 2.37. The summed E-state index contributed by atoms with van der Waals surface area (Å²) >= 11 is 0. The van der Waals surface area contributed by atoms with Crippen molar-refractivity contribution >= 4 is 5.91 Å². The molecule has 0 bridgehead atoms. The number of hydrogen-bond acceptors (Lipinski definition) is 2. The smallest absolute Gasteiger partial charge is 0.373 e. The van der Waals surface area contributed by atoms with Crippen molar-refractivity contribution in [2.75, 3.05) is 6.61 Å². The van der Waals surface area contributed by atoms with Gasteiger partial charge in [0.05, 0.1) is 13.2 Å². The van der Waals surface area contributed by atoms with E-state index in [4.69, 9.17) is 4.74 Å². The number of alkyl halides is 3. The van der Waals surface area contributed by atoms with Gasteiger partial charge < -0.3 is 10.1 Å². The Morgan fingerprint density at radius 2 is 2.00 bits per heavy atom. The summed E-state index contributed by atoms with van der Waals surface area (Å²) in [5.41, 5.74) is 1.01. The predicted octanol–water partition coefficient (Wildman–Crippen LogP) is 2.83. The summed E-state index contributed by atoms with van der Waals surface area (Å²) in [6.45, 7) is 2.15. The zero-order chi connectivity index (χ0) is 15.0. The Balaban J connectivity index is 2.23. The summed E-state index contributed by atoms with van der Waals surface area (Å²) in [7, 11) is 0.